The molecule has 3 rings (SSSR count). The van der Waals surface area contributed by atoms with Crippen molar-refractivity contribution in [1.29, 1.82) is 0 Å². The molecule has 1 aliphatic rings. The molecule has 29 heavy (non-hydrogen) atoms. The highest BCUT2D eigenvalue weighted by molar-refractivity contribution is 5.68. The fourth-order valence-electron chi connectivity index (χ4n) is 3.46. The second kappa shape index (κ2) is 10.5. The summed E-state index contributed by atoms with van der Waals surface area (Å²) >= 11 is 0. The predicted octanol–water partition coefficient (Wildman–Crippen LogP) is 5.07. The molecule has 0 aliphatic carbocycles. The van der Waals surface area contributed by atoms with Gasteiger partial charge in [0.1, 0.15) is 6.61 Å². The molecule has 1 fully saturated rings. The maximum absolute atomic E-state index is 13.0. The molecule has 7 nitrogen and oxygen atoms in total. The van der Waals surface area contributed by atoms with Crippen LogP contribution in [-0.4, -0.2) is 35.8 Å². The maximum Gasteiger partial charge on any atom is 0.410 e. The average Bonchev–Trinajstić information content (AvgIpc) is 2.77. The Labute approximate surface area is 170 Å². The van der Waals surface area contributed by atoms with Gasteiger partial charge in [0.25, 0.3) is 0 Å². The zero-order valence-corrected chi connectivity index (χ0v) is 16.6. The second-order valence-corrected chi connectivity index (χ2v) is 7.20. The summed E-state index contributed by atoms with van der Waals surface area (Å²) in [6, 6.07) is 19.1. The van der Waals surface area contributed by atoms with Gasteiger partial charge in [-0.25, -0.2) is 4.79 Å². The van der Waals surface area contributed by atoms with Gasteiger partial charge in [0.05, 0.1) is 24.8 Å². The van der Waals surface area contributed by atoms with Gasteiger partial charge in [0.15, 0.2) is 0 Å². The van der Waals surface area contributed by atoms with Crippen molar-refractivity contribution in [3.8, 4) is 0 Å². The zero-order valence-electron chi connectivity index (χ0n) is 16.6. The van der Waals surface area contributed by atoms with Crippen molar-refractivity contribution >= 4 is 6.09 Å². The molecule has 0 N–H and O–H groups in total. The van der Waals surface area contributed by atoms with Crippen molar-refractivity contribution in [3.05, 3.63) is 82.2 Å². The Kier molecular flexibility index (Phi) is 7.50. The standard InChI is InChI=1S/C22H26N4O3/c1-17(21-13-12-20(16-28-21)24-25-23)26(14-18-8-4-2-5-9-18)22(27)29-15-19-10-6-3-7-11-19/h2-11,17,20-21H,12-16H2,1H3/t17-,20+,21-/m0/s1. The predicted molar refractivity (Wildman–Crippen MR) is 110 cm³/mol. The van der Waals surface area contributed by atoms with Gasteiger partial charge in [0, 0.05) is 11.5 Å². The van der Waals surface area contributed by atoms with Crippen molar-refractivity contribution in [2.75, 3.05) is 6.61 Å². The van der Waals surface area contributed by atoms with Gasteiger partial charge in [-0.2, -0.15) is 0 Å². The van der Waals surface area contributed by atoms with E-state index in [1.54, 1.807) is 4.90 Å². The van der Waals surface area contributed by atoms with Gasteiger partial charge in [0.2, 0.25) is 0 Å². The normalized spacial score (nSPS) is 19.6. The molecule has 0 saturated carbocycles. The lowest BCUT2D eigenvalue weighted by Gasteiger charge is -2.37. The number of carbonyl (C=O) groups excluding carboxylic acids is 1. The first-order chi connectivity index (χ1) is 14.2. The van der Waals surface area contributed by atoms with Crippen LogP contribution >= 0.6 is 0 Å². The molecule has 7 heteroatoms. The van der Waals surface area contributed by atoms with Crippen molar-refractivity contribution < 1.29 is 14.3 Å². The molecular formula is C22H26N4O3. The van der Waals surface area contributed by atoms with Crippen LogP contribution in [0.2, 0.25) is 0 Å². The third-order valence-electron chi connectivity index (χ3n) is 5.17. The van der Waals surface area contributed by atoms with Crippen LogP contribution in [0, 0.1) is 0 Å². The first-order valence-electron chi connectivity index (χ1n) is 9.84. The summed E-state index contributed by atoms with van der Waals surface area (Å²) in [6.45, 7) is 3.01. The van der Waals surface area contributed by atoms with Gasteiger partial charge in [-0.3, -0.25) is 4.90 Å². The smallest absolute Gasteiger partial charge is 0.410 e. The number of azide groups is 1. The van der Waals surface area contributed by atoms with Crippen LogP contribution in [0.15, 0.2) is 65.8 Å². The topological polar surface area (TPSA) is 87.5 Å². The molecule has 0 spiro atoms. The lowest BCUT2D eigenvalue weighted by atomic mass is 9.99. The Bertz CT molecular complexity index is 816. The van der Waals surface area contributed by atoms with Crippen LogP contribution in [0.3, 0.4) is 0 Å². The van der Waals surface area contributed by atoms with Gasteiger partial charge in [-0.05, 0) is 36.4 Å². The van der Waals surface area contributed by atoms with E-state index in [0.29, 0.717) is 13.2 Å². The molecule has 1 amide bonds. The fraction of sp³-hybridized carbons (Fsp3) is 0.409. The molecule has 3 atom stereocenters. The summed E-state index contributed by atoms with van der Waals surface area (Å²) < 4.78 is 11.5. The van der Waals surface area contributed by atoms with E-state index < -0.39 is 0 Å². The van der Waals surface area contributed by atoms with E-state index in [-0.39, 0.29) is 30.9 Å². The van der Waals surface area contributed by atoms with Crippen molar-refractivity contribution in [2.45, 2.75) is 51.1 Å². The molecule has 1 heterocycles. The Morgan fingerprint density at radius 3 is 2.41 bits per heavy atom. The Balaban J connectivity index is 1.68. The van der Waals surface area contributed by atoms with Crippen molar-refractivity contribution in [2.24, 2.45) is 5.11 Å². The highest BCUT2D eigenvalue weighted by Gasteiger charge is 2.32. The number of ether oxygens (including phenoxy) is 2. The van der Waals surface area contributed by atoms with E-state index in [9.17, 15) is 4.79 Å². The van der Waals surface area contributed by atoms with E-state index in [1.807, 2.05) is 67.6 Å². The van der Waals surface area contributed by atoms with E-state index in [0.717, 1.165) is 24.0 Å². The van der Waals surface area contributed by atoms with Crippen molar-refractivity contribution in [1.82, 2.24) is 4.90 Å². The Morgan fingerprint density at radius 1 is 1.17 bits per heavy atom. The van der Waals surface area contributed by atoms with Gasteiger partial charge < -0.3 is 9.47 Å². The summed E-state index contributed by atoms with van der Waals surface area (Å²) in [5, 5.41) is 3.74. The lowest BCUT2D eigenvalue weighted by Crippen LogP contribution is -2.48. The van der Waals surface area contributed by atoms with E-state index >= 15 is 0 Å². The number of amides is 1. The minimum Gasteiger partial charge on any atom is -0.445 e. The monoisotopic (exact) mass is 394 g/mol. The Hall–Kier alpha value is -3.02. The molecule has 0 unspecified atom stereocenters. The zero-order chi connectivity index (χ0) is 20.5. The highest BCUT2D eigenvalue weighted by Crippen LogP contribution is 2.23. The number of hydrogen-bond acceptors (Lipinski definition) is 4. The molecule has 1 saturated heterocycles. The summed E-state index contributed by atoms with van der Waals surface area (Å²) in [4.78, 5) is 17.5. The van der Waals surface area contributed by atoms with Crippen LogP contribution < -0.4 is 0 Å². The minimum absolute atomic E-state index is 0.131. The largest absolute Gasteiger partial charge is 0.445 e. The first kappa shape index (κ1) is 20.7. The van der Waals surface area contributed by atoms with E-state index in [4.69, 9.17) is 15.0 Å². The molecule has 1 aliphatic heterocycles. The maximum atomic E-state index is 13.0. The van der Waals surface area contributed by atoms with Crippen LogP contribution in [-0.2, 0) is 22.6 Å². The molecule has 2 aromatic rings. The second-order valence-electron chi connectivity index (χ2n) is 7.20. The molecule has 0 aromatic heterocycles. The molecule has 152 valence electrons. The number of carbonyl (C=O) groups is 1. The summed E-state index contributed by atoms with van der Waals surface area (Å²) in [6.07, 6.45) is 0.971. The number of hydrogen-bond donors (Lipinski definition) is 0. The van der Waals surface area contributed by atoms with Gasteiger partial charge in [-0.15, -0.1) is 0 Å². The lowest BCUT2D eigenvalue weighted by molar-refractivity contribution is -0.0441. The molecule has 0 radical (unpaired) electrons. The molecule has 2 aromatic carbocycles. The average molecular weight is 394 g/mol. The van der Waals surface area contributed by atoms with Crippen LogP contribution in [0.4, 0.5) is 4.79 Å². The number of rotatable bonds is 7. The number of nitrogens with zero attached hydrogens (tertiary/aromatic N) is 4. The van der Waals surface area contributed by atoms with Gasteiger partial charge >= 0.3 is 6.09 Å². The number of benzene rings is 2. The summed E-state index contributed by atoms with van der Waals surface area (Å²) in [5.41, 5.74) is 10.6. The SMILES string of the molecule is C[C@@H]([C@@H]1CC[C@@H](N=[N+]=[N-])CO1)N(Cc1ccccc1)C(=O)OCc1ccccc1. The summed E-state index contributed by atoms with van der Waals surface area (Å²) in [7, 11) is 0. The quantitative estimate of drug-likeness (QED) is 0.373. The van der Waals surface area contributed by atoms with Crippen LogP contribution in [0.25, 0.3) is 10.4 Å². The van der Waals surface area contributed by atoms with E-state index in [1.165, 1.54) is 0 Å². The van der Waals surface area contributed by atoms with Gasteiger partial charge in [-0.1, -0.05) is 65.8 Å². The Morgan fingerprint density at radius 2 is 1.83 bits per heavy atom. The molecular weight excluding hydrogens is 368 g/mol. The third-order valence-corrected chi connectivity index (χ3v) is 5.17. The highest BCUT2D eigenvalue weighted by atomic mass is 16.6. The fourth-order valence-corrected chi connectivity index (χ4v) is 3.46. The summed E-state index contributed by atoms with van der Waals surface area (Å²) in [5.74, 6) is 0. The third kappa shape index (κ3) is 5.98. The molecule has 0 bridgehead atoms. The van der Waals surface area contributed by atoms with Crippen LogP contribution in [0.5, 0.6) is 0 Å². The van der Waals surface area contributed by atoms with Crippen molar-refractivity contribution in [3.63, 3.8) is 0 Å². The van der Waals surface area contributed by atoms with E-state index in [2.05, 4.69) is 10.0 Å². The minimum atomic E-state index is -0.369. The van der Waals surface area contributed by atoms with Crippen LogP contribution in [0.1, 0.15) is 30.9 Å². The first-order valence-corrected chi connectivity index (χ1v) is 9.84.